The lowest BCUT2D eigenvalue weighted by Crippen LogP contribution is -2.29. The second-order valence-corrected chi connectivity index (χ2v) is 4.67. The van der Waals surface area contributed by atoms with Crippen LogP contribution in [-0.2, 0) is 5.54 Å². The van der Waals surface area contributed by atoms with Gasteiger partial charge in [0.2, 0.25) is 0 Å². The van der Waals surface area contributed by atoms with E-state index in [0.29, 0.717) is 5.02 Å². The number of halogens is 1. The van der Waals surface area contributed by atoms with E-state index in [-0.39, 0.29) is 0 Å². The number of nitriles is 1. The standard InChI is InChI=1S/C15H13ClN2/c1-15(11-17,12-5-3-2-4-6-12)18-14-9-7-13(16)8-10-14/h2-10,18H,1H3/t15-/m1/s1. The van der Waals surface area contributed by atoms with Crippen LogP contribution in [0.5, 0.6) is 0 Å². The fourth-order valence-corrected chi connectivity index (χ4v) is 1.88. The lowest BCUT2D eigenvalue weighted by Gasteiger charge is -2.25. The first-order chi connectivity index (χ1) is 8.64. The number of nitrogens with zero attached hydrogens (tertiary/aromatic N) is 1. The SMILES string of the molecule is C[C@](C#N)(Nc1ccc(Cl)cc1)c1ccccc1. The maximum absolute atomic E-state index is 9.42. The van der Waals surface area contributed by atoms with Crippen LogP contribution in [0.4, 0.5) is 5.69 Å². The minimum absolute atomic E-state index is 0.680. The summed E-state index contributed by atoms with van der Waals surface area (Å²) in [6.07, 6.45) is 0. The molecule has 0 unspecified atom stereocenters. The first kappa shape index (κ1) is 12.5. The smallest absolute Gasteiger partial charge is 0.148 e. The number of hydrogen-bond acceptors (Lipinski definition) is 2. The second-order valence-electron chi connectivity index (χ2n) is 4.23. The quantitative estimate of drug-likeness (QED) is 0.894. The minimum atomic E-state index is -0.755. The Bertz CT molecular complexity index is 557. The molecule has 1 atom stereocenters. The van der Waals surface area contributed by atoms with Crippen molar-refractivity contribution in [1.82, 2.24) is 0 Å². The monoisotopic (exact) mass is 256 g/mol. The van der Waals surface area contributed by atoms with Gasteiger partial charge in [0.05, 0.1) is 6.07 Å². The van der Waals surface area contributed by atoms with Crippen molar-refractivity contribution in [3.05, 3.63) is 65.2 Å². The van der Waals surface area contributed by atoms with Gasteiger partial charge in [-0.15, -0.1) is 0 Å². The molecule has 18 heavy (non-hydrogen) atoms. The van der Waals surface area contributed by atoms with Gasteiger partial charge in [-0.25, -0.2) is 0 Å². The fraction of sp³-hybridized carbons (Fsp3) is 0.133. The van der Waals surface area contributed by atoms with Crippen molar-refractivity contribution in [1.29, 1.82) is 5.26 Å². The predicted molar refractivity (Wildman–Crippen MR) is 74.5 cm³/mol. The molecule has 0 radical (unpaired) electrons. The molecule has 0 spiro atoms. The zero-order valence-corrected chi connectivity index (χ0v) is 10.8. The van der Waals surface area contributed by atoms with Gasteiger partial charge in [0.1, 0.15) is 5.54 Å². The van der Waals surface area contributed by atoms with Crippen LogP contribution in [0.15, 0.2) is 54.6 Å². The Morgan fingerprint density at radius 2 is 1.67 bits per heavy atom. The Morgan fingerprint density at radius 3 is 2.22 bits per heavy atom. The van der Waals surface area contributed by atoms with Gasteiger partial charge in [-0.3, -0.25) is 0 Å². The van der Waals surface area contributed by atoms with Gasteiger partial charge in [0.15, 0.2) is 0 Å². The molecule has 2 nitrogen and oxygen atoms in total. The molecule has 2 rings (SSSR count). The van der Waals surface area contributed by atoms with Crippen LogP contribution in [0.2, 0.25) is 5.02 Å². The second kappa shape index (κ2) is 5.12. The highest BCUT2D eigenvalue weighted by Crippen LogP contribution is 2.26. The zero-order valence-electron chi connectivity index (χ0n) is 10.0. The summed E-state index contributed by atoms with van der Waals surface area (Å²) in [5.41, 5.74) is 1.05. The summed E-state index contributed by atoms with van der Waals surface area (Å²) in [6, 6.07) is 19.3. The van der Waals surface area contributed by atoms with Crippen molar-refractivity contribution in [2.24, 2.45) is 0 Å². The lowest BCUT2D eigenvalue weighted by atomic mass is 9.93. The number of nitrogens with one attached hydrogen (secondary N) is 1. The molecule has 3 heteroatoms. The Labute approximate surface area is 112 Å². The van der Waals surface area contributed by atoms with Crippen molar-refractivity contribution < 1.29 is 0 Å². The Morgan fingerprint density at radius 1 is 1.06 bits per heavy atom. The molecule has 1 N–H and O–H groups in total. The van der Waals surface area contributed by atoms with Crippen molar-refractivity contribution in [3.8, 4) is 6.07 Å². The van der Waals surface area contributed by atoms with Crippen LogP contribution in [0.3, 0.4) is 0 Å². The average Bonchev–Trinajstić information content (AvgIpc) is 2.42. The maximum atomic E-state index is 9.42. The first-order valence-corrected chi connectivity index (χ1v) is 6.02. The molecule has 0 aliphatic carbocycles. The van der Waals surface area contributed by atoms with Crippen LogP contribution in [0.1, 0.15) is 12.5 Å². The molecule has 0 saturated heterocycles. The summed E-state index contributed by atoms with van der Waals surface area (Å²) in [6.45, 7) is 1.86. The van der Waals surface area contributed by atoms with E-state index in [9.17, 15) is 5.26 Å². The number of hydrogen-bond donors (Lipinski definition) is 1. The van der Waals surface area contributed by atoms with Crippen LogP contribution in [-0.4, -0.2) is 0 Å². The van der Waals surface area contributed by atoms with E-state index in [1.54, 1.807) is 12.1 Å². The third-order valence-corrected chi connectivity index (χ3v) is 3.07. The van der Waals surface area contributed by atoms with E-state index < -0.39 is 5.54 Å². The molecule has 90 valence electrons. The molecule has 0 fully saturated rings. The molecule has 0 heterocycles. The summed E-state index contributed by atoms with van der Waals surface area (Å²) in [5.74, 6) is 0. The van der Waals surface area contributed by atoms with Crippen molar-refractivity contribution in [3.63, 3.8) is 0 Å². The van der Waals surface area contributed by atoms with E-state index in [0.717, 1.165) is 11.3 Å². The van der Waals surface area contributed by atoms with Gasteiger partial charge < -0.3 is 5.32 Å². The summed E-state index contributed by atoms with van der Waals surface area (Å²) in [5, 5.41) is 13.3. The van der Waals surface area contributed by atoms with Gasteiger partial charge in [-0.05, 0) is 36.8 Å². The van der Waals surface area contributed by atoms with Crippen LogP contribution in [0, 0.1) is 11.3 Å². The third-order valence-electron chi connectivity index (χ3n) is 2.81. The largest absolute Gasteiger partial charge is 0.364 e. The van der Waals surface area contributed by atoms with Gasteiger partial charge >= 0.3 is 0 Å². The van der Waals surface area contributed by atoms with E-state index in [4.69, 9.17) is 11.6 Å². The molecule has 0 saturated carbocycles. The minimum Gasteiger partial charge on any atom is -0.364 e. The molecule has 0 aromatic heterocycles. The van der Waals surface area contributed by atoms with Crippen LogP contribution in [0.25, 0.3) is 0 Å². The predicted octanol–water partition coefficient (Wildman–Crippen LogP) is 4.19. The van der Waals surface area contributed by atoms with E-state index in [2.05, 4.69) is 11.4 Å². The fourth-order valence-electron chi connectivity index (χ4n) is 1.76. The summed E-state index contributed by atoms with van der Waals surface area (Å²) < 4.78 is 0. The molecule has 2 aromatic carbocycles. The first-order valence-electron chi connectivity index (χ1n) is 5.64. The summed E-state index contributed by atoms with van der Waals surface area (Å²) >= 11 is 5.84. The molecule has 0 bridgehead atoms. The molecule has 0 aliphatic rings. The van der Waals surface area contributed by atoms with Gasteiger partial charge in [-0.2, -0.15) is 5.26 Å². The number of anilines is 1. The van der Waals surface area contributed by atoms with Crippen LogP contribution >= 0.6 is 11.6 Å². The molecular weight excluding hydrogens is 244 g/mol. The Kier molecular flexibility index (Phi) is 3.55. The number of rotatable bonds is 3. The Hall–Kier alpha value is -1.98. The highest BCUT2D eigenvalue weighted by atomic mass is 35.5. The molecule has 0 aliphatic heterocycles. The van der Waals surface area contributed by atoms with Crippen molar-refractivity contribution in [2.45, 2.75) is 12.5 Å². The lowest BCUT2D eigenvalue weighted by molar-refractivity contribution is 0.706. The van der Waals surface area contributed by atoms with E-state index in [1.807, 2.05) is 49.4 Å². The average molecular weight is 257 g/mol. The van der Waals surface area contributed by atoms with E-state index in [1.165, 1.54) is 0 Å². The number of benzene rings is 2. The summed E-state index contributed by atoms with van der Waals surface area (Å²) in [4.78, 5) is 0. The van der Waals surface area contributed by atoms with Gasteiger partial charge in [-0.1, -0.05) is 41.9 Å². The highest BCUT2D eigenvalue weighted by Gasteiger charge is 2.25. The van der Waals surface area contributed by atoms with Crippen molar-refractivity contribution in [2.75, 3.05) is 5.32 Å². The van der Waals surface area contributed by atoms with Gasteiger partial charge in [0.25, 0.3) is 0 Å². The van der Waals surface area contributed by atoms with E-state index >= 15 is 0 Å². The molecular formula is C15H13ClN2. The topological polar surface area (TPSA) is 35.8 Å². The van der Waals surface area contributed by atoms with Crippen LogP contribution < -0.4 is 5.32 Å². The third kappa shape index (κ3) is 2.64. The normalized spacial score (nSPS) is 13.4. The molecule has 0 amide bonds. The highest BCUT2D eigenvalue weighted by molar-refractivity contribution is 6.30. The Balaban J connectivity index is 2.30. The molecule has 2 aromatic rings. The van der Waals surface area contributed by atoms with Crippen molar-refractivity contribution >= 4 is 17.3 Å². The maximum Gasteiger partial charge on any atom is 0.148 e. The zero-order chi connectivity index (χ0) is 13.0. The van der Waals surface area contributed by atoms with Gasteiger partial charge in [0, 0.05) is 10.7 Å². The summed E-state index contributed by atoms with van der Waals surface area (Å²) in [7, 11) is 0.